The number of rotatable bonds is 6. The lowest BCUT2D eigenvalue weighted by atomic mass is 9.58. The van der Waals surface area contributed by atoms with Gasteiger partial charge in [-0.25, -0.2) is 0 Å². The van der Waals surface area contributed by atoms with Crippen LogP contribution in [0, 0.1) is 17.8 Å². The topological polar surface area (TPSA) is 100.0 Å². The fourth-order valence-electron chi connectivity index (χ4n) is 6.20. The van der Waals surface area contributed by atoms with E-state index in [9.17, 15) is 19.7 Å². The van der Waals surface area contributed by atoms with Crippen molar-refractivity contribution < 1.29 is 24.4 Å². The molecule has 1 aromatic heterocycles. The summed E-state index contributed by atoms with van der Waals surface area (Å²) in [4.78, 5) is 31.6. The van der Waals surface area contributed by atoms with Crippen molar-refractivity contribution in [2.75, 3.05) is 7.05 Å². The number of phenolic OH excluding ortho intramolecular Hbond substituents is 1. The van der Waals surface area contributed by atoms with Gasteiger partial charge in [0, 0.05) is 23.3 Å². The minimum Gasteiger partial charge on any atom is -0.507 e. The Kier molecular flexibility index (Phi) is 7.38. The molecular weight excluding hydrogens is 535 g/mol. The highest BCUT2D eigenvalue weighted by molar-refractivity contribution is 9.10. The number of nitrogens with zero attached hydrogens (tertiary/aromatic N) is 2. The molecule has 0 saturated carbocycles. The van der Waals surface area contributed by atoms with E-state index < -0.39 is 13.0 Å². The molecule has 2 fully saturated rings. The second-order valence-corrected chi connectivity index (χ2v) is 10.9. The zero-order valence-corrected chi connectivity index (χ0v) is 22.5. The fraction of sp³-hybridized carbons (Fsp3) is 0.393. The number of imide groups is 1. The van der Waals surface area contributed by atoms with Gasteiger partial charge in [0.15, 0.2) is 0 Å². The third-order valence-corrected chi connectivity index (χ3v) is 8.44. The summed E-state index contributed by atoms with van der Waals surface area (Å²) < 4.78 is 6.94. The first-order chi connectivity index (χ1) is 17.8. The van der Waals surface area contributed by atoms with E-state index in [1.54, 1.807) is 25.4 Å². The van der Waals surface area contributed by atoms with Crippen molar-refractivity contribution in [1.29, 1.82) is 0 Å². The summed E-state index contributed by atoms with van der Waals surface area (Å²) in [6.07, 6.45) is 6.09. The lowest BCUT2D eigenvalue weighted by Crippen LogP contribution is -2.46. The molecule has 2 aromatic rings. The molecule has 2 N–H and O–H groups in total. The first-order valence-corrected chi connectivity index (χ1v) is 13.5. The number of fused-ring (bicyclic) bond motifs is 3. The normalized spacial score (nSPS) is 26.0. The van der Waals surface area contributed by atoms with Crippen molar-refractivity contribution >= 4 is 46.5 Å². The molecule has 2 amide bonds. The largest absolute Gasteiger partial charge is 0.507 e. The Hall–Kier alpha value is -2.75. The molecule has 1 aliphatic carbocycles. The smallest absolute Gasteiger partial charge is 0.455 e. The number of aromatic nitrogens is 1. The van der Waals surface area contributed by atoms with Gasteiger partial charge in [0.25, 0.3) is 0 Å². The molecule has 37 heavy (non-hydrogen) atoms. The number of aromatic hydroxyl groups is 1. The third-order valence-electron chi connectivity index (χ3n) is 7.94. The van der Waals surface area contributed by atoms with Crippen LogP contribution < -0.4 is 0 Å². The van der Waals surface area contributed by atoms with E-state index in [2.05, 4.69) is 27.8 Å². The Bertz CT molecular complexity index is 1280. The number of allylic oxidation sites excluding steroid dienone is 2. The van der Waals surface area contributed by atoms with E-state index in [0.29, 0.717) is 31.1 Å². The van der Waals surface area contributed by atoms with Gasteiger partial charge in [0.2, 0.25) is 11.8 Å². The van der Waals surface area contributed by atoms with Crippen LogP contribution in [-0.2, 0) is 14.2 Å². The highest BCUT2D eigenvalue weighted by atomic mass is 79.9. The van der Waals surface area contributed by atoms with E-state index in [0.717, 1.165) is 33.3 Å². The summed E-state index contributed by atoms with van der Waals surface area (Å²) in [6, 6.07) is 11.0. The molecule has 2 aliphatic heterocycles. The first-order valence-electron chi connectivity index (χ1n) is 12.8. The van der Waals surface area contributed by atoms with E-state index in [1.165, 1.54) is 4.90 Å². The van der Waals surface area contributed by atoms with Gasteiger partial charge in [-0.05, 0) is 85.5 Å². The van der Waals surface area contributed by atoms with Crippen LogP contribution in [0.1, 0.15) is 43.9 Å². The quantitative estimate of drug-likeness (QED) is 0.299. The molecule has 0 unspecified atom stereocenters. The van der Waals surface area contributed by atoms with Gasteiger partial charge in [0.1, 0.15) is 5.75 Å². The molecule has 4 atom stereocenters. The fourth-order valence-corrected chi connectivity index (χ4v) is 6.58. The molecule has 0 radical (unpaired) electrons. The number of hydrogen-bond acceptors (Lipinski definition) is 6. The predicted molar refractivity (Wildman–Crippen MR) is 145 cm³/mol. The second kappa shape index (κ2) is 10.6. The maximum atomic E-state index is 13.0. The molecule has 7 nitrogen and oxygen atoms in total. The van der Waals surface area contributed by atoms with Crippen LogP contribution in [0.3, 0.4) is 0 Å². The van der Waals surface area contributed by atoms with Gasteiger partial charge in [-0.3, -0.25) is 19.5 Å². The van der Waals surface area contributed by atoms with Crippen LogP contribution in [0.25, 0.3) is 11.6 Å². The van der Waals surface area contributed by atoms with E-state index in [4.69, 9.17) is 4.65 Å². The van der Waals surface area contributed by atoms with Crippen molar-refractivity contribution in [3.8, 4) is 5.75 Å². The number of carbonyl (C=O) groups excluding carboxylic acids is 2. The number of phenols is 1. The van der Waals surface area contributed by atoms with E-state index >= 15 is 0 Å². The molecule has 5 rings (SSSR count). The van der Waals surface area contributed by atoms with Crippen molar-refractivity contribution in [3.05, 3.63) is 69.5 Å². The molecule has 0 bridgehead atoms. The summed E-state index contributed by atoms with van der Waals surface area (Å²) >= 11 is 3.47. The summed E-state index contributed by atoms with van der Waals surface area (Å²) in [5.74, 6) is -1.10. The highest BCUT2D eigenvalue weighted by Gasteiger charge is 2.56. The van der Waals surface area contributed by atoms with Crippen LogP contribution in [-0.4, -0.2) is 52.1 Å². The van der Waals surface area contributed by atoms with Crippen molar-refractivity contribution in [1.82, 2.24) is 9.88 Å². The van der Waals surface area contributed by atoms with E-state index in [-0.39, 0.29) is 35.5 Å². The van der Waals surface area contributed by atoms with Gasteiger partial charge < -0.3 is 14.8 Å². The number of hydrogen-bond donors (Lipinski definition) is 2. The second-order valence-electron chi connectivity index (χ2n) is 10.0. The molecule has 3 aliphatic rings. The number of benzene rings is 1. The molecular formula is C28H30BBrN2O5. The van der Waals surface area contributed by atoms with Crippen molar-refractivity contribution in [2.45, 2.75) is 45.0 Å². The summed E-state index contributed by atoms with van der Waals surface area (Å²) in [5.41, 5.74) is 4.63. The third kappa shape index (κ3) is 4.92. The van der Waals surface area contributed by atoms with Crippen LogP contribution in [0.15, 0.2) is 58.2 Å². The SMILES string of the molecule is CCC1=C2[C@@H](CC/C(=C/c3cc(Br)ccc3O)c3ccccn3)OB(O)C[C@@H]2[C@@H]2C(=O)N(C)C(=O)[C@@H]2C1. The van der Waals surface area contributed by atoms with Crippen molar-refractivity contribution in [3.63, 3.8) is 0 Å². The summed E-state index contributed by atoms with van der Waals surface area (Å²) in [6.45, 7) is 2.07. The van der Waals surface area contributed by atoms with Crippen LogP contribution in [0.4, 0.5) is 0 Å². The molecule has 0 spiro atoms. The zero-order chi connectivity index (χ0) is 26.3. The maximum absolute atomic E-state index is 13.0. The molecule has 3 heterocycles. The monoisotopic (exact) mass is 564 g/mol. The average molecular weight is 565 g/mol. The number of likely N-dealkylation sites (tertiary alicyclic amines) is 1. The molecule has 192 valence electrons. The zero-order valence-electron chi connectivity index (χ0n) is 20.9. The Morgan fingerprint density at radius 1 is 1.24 bits per heavy atom. The lowest BCUT2D eigenvalue weighted by Gasteiger charge is -2.43. The van der Waals surface area contributed by atoms with Gasteiger partial charge in [0.05, 0.1) is 23.6 Å². The predicted octanol–water partition coefficient (Wildman–Crippen LogP) is 4.71. The maximum Gasteiger partial charge on any atom is 0.455 e. The standard InChI is InChI=1S/C28H30BBrN2O5/c1-3-16-14-20-26(28(35)32(2)27(20)34)21-15-29(36)37-24(25(16)21)10-7-17(22-6-4-5-11-31-22)12-18-13-19(30)8-9-23(18)33/h4-6,8-9,11-13,20-21,24,26,33,36H,3,7,10,14-15H2,1-2H3/b17-12-/t20-,21+,24-,26-/m1/s1. The Labute approximate surface area is 225 Å². The average Bonchev–Trinajstić information content (AvgIpc) is 3.11. The first kappa shape index (κ1) is 25.9. The number of pyridine rings is 1. The number of amides is 2. The Balaban J connectivity index is 1.48. The Morgan fingerprint density at radius 2 is 2.05 bits per heavy atom. The van der Waals surface area contributed by atoms with E-state index in [1.807, 2.05) is 30.3 Å². The highest BCUT2D eigenvalue weighted by Crippen LogP contribution is 2.51. The molecule has 2 saturated heterocycles. The lowest BCUT2D eigenvalue weighted by molar-refractivity contribution is -0.138. The summed E-state index contributed by atoms with van der Waals surface area (Å²) in [5, 5.41) is 21.1. The number of carbonyl (C=O) groups is 2. The minimum absolute atomic E-state index is 0.119. The van der Waals surface area contributed by atoms with Gasteiger partial charge in [-0.2, -0.15) is 0 Å². The Morgan fingerprint density at radius 3 is 2.78 bits per heavy atom. The number of halogens is 1. The minimum atomic E-state index is -0.999. The van der Waals surface area contributed by atoms with Gasteiger partial charge >= 0.3 is 7.12 Å². The van der Waals surface area contributed by atoms with Crippen LogP contribution in [0.5, 0.6) is 5.75 Å². The van der Waals surface area contributed by atoms with Crippen LogP contribution >= 0.6 is 15.9 Å². The van der Waals surface area contributed by atoms with Gasteiger partial charge in [-0.15, -0.1) is 0 Å². The van der Waals surface area contributed by atoms with Crippen LogP contribution in [0.2, 0.25) is 6.32 Å². The van der Waals surface area contributed by atoms with Crippen molar-refractivity contribution in [2.24, 2.45) is 17.8 Å². The molecule has 1 aromatic carbocycles. The van der Waals surface area contributed by atoms with Gasteiger partial charge in [-0.1, -0.05) is 34.5 Å². The summed E-state index contributed by atoms with van der Waals surface area (Å²) in [7, 11) is 0.559. The molecule has 9 heteroatoms.